The molecule has 1 aromatic heterocycles. The topological polar surface area (TPSA) is 87.0 Å². The average molecular weight is 472 g/mol. The lowest BCUT2D eigenvalue weighted by Crippen LogP contribution is -2.31. The van der Waals surface area contributed by atoms with Crippen LogP contribution in [0.4, 0.5) is 22.0 Å². The van der Waals surface area contributed by atoms with Crippen LogP contribution in [-0.2, 0) is 9.53 Å². The number of methoxy groups -OCH3 is 1. The molecule has 2 rings (SSSR count). The maximum absolute atomic E-state index is 12.7. The number of carbonyl (C=O) groups is 1. The molecule has 0 aliphatic carbocycles. The van der Waals surface area contributed by atoms with Gasteiger partial charge in [-0.1, -0.05) is 11.6 Å². The van der Waals surface area contributed by atoms with Gasteiger partial charge in [0.2, 0.25) is 0 Å². The highest BCUT2D eigenvalue weighted by molar-refractivity contribution is 6.31. The molecule has 0 fully saturated rings. The van der Waals surface area contributed by atoms with E-state index in [0.29, 0.717) is 4.57 Å². The number of ether oxygens (including phenoxy) is 3. The van der Waals surface area contributed by atoms with Gasteiger partial charge in [-0.05, 0) is 18.2 Å². The van der Waals surface area contributed by atoms with Crippen LogP contribution in [0.5, 0.6) is 11.5 Å². The molecule has 31 heavy (non-hydrogen) atoms. The Labute approximate surface area is 176 Å². The van der Waals surface area contributed by atoms with E-state index in [1.54, 1.807) is 0 Å². The molecule has 1 heterocycles. The molecule has 0 saturated heterocycles. The van der Waals surface area contributed by atoms with Gasteiger partial charge in [0.1, 0.15) is 17.5 Å². The molecule has 1 N–H and O–H groups in total. The second kappa shape index (κ2) is 9.96. The third-order valence-corrected chi connectivity index (χ3v) is 4.22. The summed E-state index contributed by atoms with van der Waals surface area (Å²) < 4.78 is 75.8. The summed E-state index contributed by atoms with van der Waals surface area (Å²) in [4.78, 5) is 24.1. The smallest absolute Gasteiger partial charge is 0.495 e. The SMILES string of the molecule is COc1cn(C(CCOC(F)(F)F)C(=O)O)c(=O)cc1-c1cc(Cl)ccc1OC(F)F. The van der Waals surface area contributed by atoms with Crippen molar-refractivity contribution in [3.63, 3.8) is 0 Å². The van der Waals surface area contributed by atoms with Gasteiger partial charge in [-0.2, -0.15) is 8.78 Å². The standard InChI is InChI=1S/C18H15ClF5NO6/c1-29-14-8-25(12(16(27)28)4-5-30-18(22,23)24)15(26)7-11(14)10-6-9(19)2-3-13(10)31-17(20)21/h2-3,6-8,12,17H,4-5H2,1H3,(H,27,28). The Kier molecular flexibility index (Phi) is 7.85. The number of aromatic nitrogens is 1. The van der Waals surface area contributed by atoms with Gasteiger partial charge in [0.15, 0.2) is 0 Å². The van der Waals surface area contributed by atoms with Crippen molar-refractivity contribution in [1.29, 1.82) is 0 Å². The lowest BCUT2D eigenvalue weighted by atomic mass is 10.0. The van der Waals surface area contributed by atoms with Crippen LogP contribution in [0.2, 0.25) is 5.02 Å². The molecule has 1 atom stereocenters. The fourth-order valence-electron chi connectivity index (χ4n) is 2.72. The van der Waals surface area contributed by atoms with Crippen LogP contribution in [0.3, 0.4) is 0 Å². The van der Waals surface area contributed by atoms with Gasteiger partial charge >= 0.3 is 18.9 Å². The van der Waals surface area contributed by atoms with Crippen LogP contribution < -0.4 is 15.0 Å². The van der Waals surface area contributed by atoms with E-state index in [2.05, 4.69) is 9.47 Å². The van der Waals surface area contributed by atoms with Crippen molar-refractivity contribution in [3.05, 3.63) is 45.8 Å². The third-order valence-electron chi connectivity index (χ3n) is 3.99. The summed E-state index contributed by atoms with van der Waals surface area (Å²) in [7, 11) is 1.16. The Morgan fingerprint density at radius 2 is 1.84 bits per heavy atom. The number of carboxylic acids is 1. The number of carboxylic acid groups (broad SMARTS) is 1. The number of nitrogens with zero attached hydrogens (tertiary/aromatic N) is 1. The minimum absolute atomic E-state index is 0.0406. The van der Waals surface area contributed by atoms with Crippen molar-refractivity contribution in [2.45, 2.75) is 25.4 Å². The highest BCUT2D eigenvalue weighted by Gasteiger charge is 2.31. The quantitative estimate of drug-likeness (QED) is 0.548. The zero-order valence-electron chi connectivity index (χ0n) is 15.7. The number of alkyl halides is 5. The summed E-state index contributed by atoms with van der Waals surface area (Å²) in [5, 5.41) is 9.47. The summed E-state index contributed by atoms with van der Waals surface area (Å²) in [5.41, 5.74) is -1.03. The van der Waals surface area contributed by atoms with Crippen LogP contribution >= 0.6 is 11.6 Å². The summed E-state index contributed by atoms with van der Waals surface area (Å²) in [6.07, 6.45) is -4.71. The van der Waals surface area contributed by atoms with E-state index in [0.717, 1.165) is 25.4 Å². The number of hydrogen-bond acceptors (Lipinski definition) is 5. The first-order chi connectivity index (χ1) is 14.4. The van der Waals surface area contributed by atoms with Crippen LogP contribution in [0.15, 0.2) is 35.3 Å². The van der Waals surface area contributed by atoms with Gasteiger partial charge in [-0.25, -0.2) is 4.79 Å². The molecule has 1 aromatic carbocycles. The van der Waals surface area contributed by atoms with Gasteiger partial charge in [0, 0.05) is 28.6 Å². The fraction of sp³-hybridized carbons (Fsp3) is 0.333. The number of hydrogen-bond donors (Lipinski definition) is 1. The predicted molar refractivity (Wildman–Crippen MR) is 97.6 cm³/mol. The van der Waals surface area contributed by atoms with Crippen LogP contribution in [0.1, 0.15) is 12.5 Å². The average Bonchev–Trinajstić information content (AvgIpc) is 2.65. The summed E-state index contributed by atoms with van der Waals surface area (Å²) in [6, 6.07) is 2.81. The van der Waals surface area contributed by atoms with Crippen molar-refractivity contribution < 1.29 is 46.1 Å². The Morgan fingerprint density at radius 1 is 1.19 bits per heavy atom. The second-order valence-corrected chi connectivity index (χ2v) is 6.39. The van der Waals surface area contributed by atoms with Gasteiger partial charge in [-0.3, -0.25) is 14.1 Å². The molecule has 0 bridgehead atoms. The molecule has 1 unspecified atom stereocenters. The lowest BCUT2D eigenvalue weighted by Gasteiger charge is -2.19. The maximum atomic E-state index is 12.7. The molecule has 170 valence electrons. The normalized spacial score (nSPS) is 12.6. The number of pyridine rings is 1. The molecule has 0 aliphatic rings. The summed E-state index contributed by atoms with van der Waals surface area (Å²) in [6.45, 7) is -4.20. The molecule has 0 spiro atoms. The van der Waals surface area contributed by atoms with Crippen molar-refractivity contribution in [2.24, 2.45) is 0 Å². The zero-order valence-corrected chi connectivity index (χ0v) is 16.4. The van der Waals surface area contributed by atoms with Gasteiger partial charge in [0.05, 0.1) is 19.9 Å². The number of rotatable bonds is 9. The molecule has 7 nitrogen and oxygen atoms in total. The first-order valence-electron chi connectivity index (χ1n) is 8.41. The lowest BCUT2D eigenvalue weighted by molar-refractivity contribution is -0.325. The van der Waals surface area contributed by atoms with E-state index in [9.17, 15) is 36.6 Å². The van der Waals surface area contributed by atoms with Crippen LogP contribution in [0.25, 0.3) is 11.1 Å². The minimum atomic E-state index is -4.97. The number of benzene rings is 1. The van der Waals surface area contributed by atoms with Gasteiger partial charge < -0.3 is 14.6 Å². The number of aliphatic carboxylic acids is 1. The molecule has 2 aromatic rings. The van der Waals surface area contributed by atoms with Crippen molar-refractivity contribution >= 4 is 17.6 Å². The maximum Gasteiger partial charge on any atom is 0.522 e. The molecular weight excluding hydrogens is 457 g/mol. The van der Waals surface area contributed by atoms with Crippen LogP contribution in [0, 0.1) is 0 Å². The first kappa shape index (κ1) is 24.4. The van der Waals surface area contributed by atoms with E-state index in [4.69, 9.17) is 16.3 Å². The second-order valence-electron chi connectivity index (χ2n) is 5.96. The fourth-order valence-corrected chi connectivity index (χ4v) is 2.90. The Morgan fingerprint density at radius 3 is 2.39 bits per heavy atom. The highest BCUT2D eigenvalue weighted by atomic mass is 35.5. The zero-order chi connectivity index (χ0) is 23.3. The minimum Gasteiger partial charge on any atom is -0.495 e. The highest BCUT2D eigenvalue weighted by Crippen LogP contribution is 2.38. The Balaban J connectivity index is 2.52. The third kappa shape index (κ3) is 6.56. The monoisotopic (exact) mass is 471 g/mol. The van der Waals surface area contributed by atoms with Crippen molar-refractivity contribution in [3.8, 4) is 22.6 Å². The molecule has 0 saturated carbocycles. The number of halogens is 6. The van der Waals surface area contributed by atoms with Crippen molar-refractivity contribution in [1.82, 2.24) is 4.57 Å². The molecule has 0 amide bonds. The molecular formula is C18H15ClF5NO6. The largest absolute Gasteiger partial charge is 0.522 e. The molecule has 0 radical (unpaired) electrons. The van der Waals surface area contributed by atoms with Crippen LogP contribution in [-0.4, -0.2) is 42.3 Å². The van der Waals surface area contributed by atoms with E-state index < -0.39 is 43.6 Å². The predicted octanol–water partition coefficient (Wildman–Crippen LogP) is 4.33. The van der Waals surface area contributed by atoms with E-state index >= 15 is 0 Å². The van der Waals surface area contributed by atoms with Gasteiger partial charge in [0.25, 0.3) is 5.56 Å². The first-order valence-corrected chi connectivity index (χ1v) is 8.79. The van der Waals surface area contributed by atoms with Crippen molar-refractivity contribution in [2.75, 3.05) is 13.7 Å². The molecule has 0 aliphatic heterocycles. The van der Waals surface area contributed by atoms with E-state index in [1.807, 2.05) is 0 Å². The van der Waals surface area contributed by atoms with Gasteiger partial charge in [-0.15, -0.1) is 13.2 Å². The van der Waals surface area contributed by atoms with E-state index in [-0.39, 0.29) is 27.6 Å². The molecule has 13 heteroatoms. The summed E-state index contributed by atoms with van der Waals surface area (Å²) >= 11 is 5.91. The Bertz CT molecular complexity index is 994. The Hall–Kier alpha value is -2.86. The summed E-state index contributed by atoms with van der Waals surface area (Å²) in [5.74, 6) is -2.06. The van der Waals surface area contributed by atoms with E-state index in [1.165, 1.54) is 12.1 Å².